The van der Waals surface area contributed by atoms with Gasteiger partial charge in [0.15, 0.2) is 0 Å². The third kappa shape index (κ3) is 5.50. The number of piperazine rings is 1. The van der Waals surface area contributed by atoms with E-state index in [0.717, 1.165) is 29.0 Å². The van der Waals surface area contributed by atoms with Gasteiger partial charge in [-0.05, 0) is 73.2 Å². The van der Waals surface area contributed by atoms with E-state index in [2.05, 4.69) is 20.4 Å². The summed E-state index contributed by atoms with van der Waals surface area (Å²) in [6, 6.07) is 9.92. The van der Waals surface area contributed by atoms with Crippen molar-refractivity contribution in [2.45, 2.75) is 43.7 Å². The fourth-order valence-electron chi connectivity index (χ4n) is 5.65. The van der Waals surface area contributed by atoms with Crippen LogP contribution in [0, 0.1) is 24.1 Å². The molecule has 2 fully saturated rings. The predicted octanol–water partition coefficient (Wildman–Crippen LogP) is 4.24. The second-order valence-corrected chi connectivity index (χ2v) is 12.2. The van der Waals surface area contributed by atoms with Crippen molar-refractivity contribution in [2.75, 3.05) is 31.5 Å². The van der Waals surface area contributed by atoms with Gasteiger partial charge in [-0.15, -0.1) is 5.10 Å². The van der Waals surface area contributed by atoms with E-state index in [4.69, 9.17) is 5.41 Å². The Balaban J connectivity index is 1.48. The molecule has 1 aliphatic heterocycles. The summed E-state index contributed by atoms with van der Waals surface area (Å²) in [5.74, 6) is 0.303. The standard InChI is InChI=1S/C27H34FN7O2S/c1-19-13-25(31-23-9-7-22(28)8-10-23)21(15-29)14-24(19)26-18-35(38(36,37)27-16-30-33(2)32-27)12-11-34(26)17-20-5-3-4-6-20/h7-10,13-16,20,26,29,31H,3-6,11-12,17-18H2,1-2H3/t26-/m1/s1. The highest BCUT2D eigenvalue weighted by Crippen LogP contribution is 2.36. The molecular weight excluding hydrogens is 505 g/mol. The third-order valence-corrected chi connectivity index (χ3v) is 9.41. The molecule has 3 aromatic rings. The maximum absolute atomic E-state index is 13.4. The number of halogens is 1. The zero-order chi connectivity index (χ0) is 26.9. The lowest BCUT2D eigenvalue weighted by Crippen LogP contribution is -2.51. The summed E-state index contributed by atoms with van der Waals surface area (Å²) < 4.78 is 41.8. The largest absolute Gasteiger partial charge is 0.355 e. The van der Waals surface area contributed by atoms with Gasteiger partial charge in [-0.25, -0.2) is 12.8 Å². The monoisotopic (exact) mass is 539 g/mol. The number of rotatable bonds is 8. The van der Waals surface area contributed by atoms with Gasteiger partial charge in [0, 0.05) is 62.4 Å². The van der Waals surface area contributed by atoms with Crippen LogP contribution in [0.25, 0.3) is 0 Å². The van der Waals surface area contributed by atoms with Crippen molar-refractivity contribution in [3.63, 3.8) is 0 Å². The van der Waals surface area contributed by atoms with Gasteiger partial charge < -0.3 is 10.7 Å². The normalized spacial score (nSPS) is 19.6. The number of sulfonamides is 1. The molecule has 2 heterocycles. The number of hydrogen-bond acceptors (Lipinski definition) is 7. The van der Waals surface area contributed by atoms with E-state index in [-0.39, 0.29) is 16.9 Å². The van der Waals surface area contributed by atoms with Gasteiger partial charge in [0.1, 0.15) is 5.82 Å². The summed E-state index contributed by atoms with van der Waals surface area (Å²) in [6.07, 6.45) is 7.50. The fraction of sp³-hybridized carbons (Fsp3) is 0.444. The number of hydrogen-bond donors (Lipinski definition) is 2. The van der Waals surface area contributed by atoms with Crippen LogP contribution >= 0.6 is 0 Å². The molecule has 202 valence electrons. The molecule has 1 atom stereocenters. The Labute approximate surface area is 223 Å². The smallest absolute Gasteiger partial charge is 0.264 e. The highest BCUT2D eigenvalue weighted by molar-refractivity contribution is 7.89. The van der Waals surface area contributed by atoms with Crippen molar-refractivity contribution in [1.82, 2.24) is 24.2 Å². The van der Waals surface area contributed by atoms with E-state index in [1.807, 2.05) is 19.1 Å². The quantitative estimate of drug-likeness (QED) is 0.415. The minimum absolute atomic E-state index is 0.0428. The maximum Gasteiger partial charge on any atom is 0.264 e. The second-order valence-electron chi connectivity index (χ2n) is 10.3. The van der Waals surface area contributed by atoms with Crippen molar-refractivity contribution in [2.24, 2.45) is 13.0 Å². The molecule has 1 aliphatic carbocycles. The van der Waals surface area contributed by atoms with Crippen LogP contribution in [-0.4, -0.2) is 65.0 Å². The van der Waals surface area contributed by atoms with E-state index in [0.29, 0.717) is 31.1 Å². The first-order chi connectivity index (χ1) is 18.2. The summed E-state index contributed by atoms with van der Waals surface area (Å²) in [6.45, 7) is 4.26. The van der Waals surface area contributed by atoms with Gasteiger partial charge >= 0.3 is 0 Å². The molecule has 2 aromatic carbocycles. The number of nitrogens with zero attached hydrogens (tertiary/aromatic N) is 5. The Morgan fingerprint density at radius 1 is 1.16 bits per heavy atom. The molecule has 1 aromatic heterocycles. The van der Waals surface area contributed by atoms with E-state index in [1.165, 1.54) is 59.3 Å². The maximum atomic E-state index is 13.4. The van der Waals surface area contributed by atoms with E-state index < -0.39 is 10.0 Å². The van der Waals surface area contributed by atoms with Gasteiger partial charge in [-0.2, -0.15) is 14.2 Å². The van der Waals surface area contributed by atoms with E-state index in [9.17, 15) is 12.8 Å². The van der Waals surface area contributed by atoms with Crippen LogP contribution < -0.4 is 5.32 Å². The predicted molar refractivity (Wildman–Crippen MR) is 145 cm³/mol. The molecule has 11 heteroatoms. The molecule has 9 nitrogen and oxygen atoms in total. The molecule has 5 rings (SSSR count). The highest BCUT2D eigenvalue weighted by Gasteiger charge is 2.38. The minimum atomic E-state index is -3.79. The molecular formula is C27H34FN7O2S. The van der Waals surface area contributed by atoms with Crippen molar-refractivity contribution in [3.8, 4) is 0 Å². The molecule has 1 saturated carbocycles. The van der Waals surface area contributed by atoms with Gasteiger partial charge in [0.25, 0.3) is 10.0 Å². The Bertz CT molecular complexity index is 1400. The van der Waals surface area contributed by atoms with E-state index >= 15 is 0 Å². The zero-order valence-corrected chi connectivity index (χ0v) is 22.6. The van der Waals surface area contributed by atoms with Crippen LogP contribution in [0.4, 0.5) is 15.8 Å². The molecule has 0 unspecified atom stereocenters. The topological polar surface area (TPSA) is 107 Å². The Morgan fingerprint density at radius 2 is 1.89 bits per heavy atom. The lowest BCUT2D eigenvalue weighted by Gasteiger charge is -2.42. The van der Waals surface area contributed by atoms with Crippen LogP contribution in [0.2, 0.25) is 0 Å². The lowest BCUT2D eigenvalue weighted by atomic mass is 9.94. The van der Waals surface area contributed by atoms with Crippen molar-refractivity contribution in [3.05, 3.63) is 65.1 Å². The number of aryl methyl sites for hydroxylation is 2. The minimum Gasteiger partial charge on any atom is -0.355 e. The number of anilines is 2. The number of aromatic nitrogens is 3. The van der Waals surface area contributed by atoms with Crippen LogP contribution in [0.15, 0.2) is 47.6 Å². The highest BCUT2D eigenvalue weighted by atomic mass is 32.2. The average molecular weight is 540 g/mol. The Kier molecular flexibility index (Phi) is 7.60. The van der Waals surface area contributed by atoms with Gasteiger partial charge in [0.05, 0.1) is 6.20 Å². The van der Waals surface area contributed by atoms with Crippen LogP contribution in [0.5, 0.6) is 0 Å². The second kappa shape index (κ2) is 10.9. The molecule has 1 saturated heterocycles. The first-order valence-electron chi connectivity index (χ1n) is 13.0. The molecule has 2 aliphatic rings. The summed E-state index contributed by atoms with van der Waals surface area (Å²) in [7, 11) is -2.19. The summed E-state index contributed by atoms with van der Waals surface area (Å²) in [4.78, 5) is 3.68. The van der Waals surface area contributed by atoms with Crippen LogP contribution in [0.3, 0.4) is 0 Å². The summed E-state index contributed by atoms with van der Waals surface area (Å²) >= 11 is 0. The van der Waals surface area contributed by atoms with Gasteiger partial charge in [-0.1, -0.05) is 12.8 Å². The van der Waals surface area contributed by atoms with Gasteiger partial charge in [0.2, 0.25) is 5.03 Å². The molecule has 38 heavy (non-hydrogen) atoms. The zero-order valence-electron chi connectivity index (χ0n) is 21.8. The van der Waals surface area contributed by atoms with Gasteiger partial charge in [-0.3, -0.25) is 4.90 Å². The van der Waals surface area contributed by atoms with Crippen LogP contribution in [-0.2, 0) is 17.1 Å². The SMILES string of the molecule is Cc1cc(Nc2ccc(F)cc2)c(C=N)cc1[C@H]1CN(S(=O)(=O)c2cnn(C)n2)CCN1CC1CCCC1. The number of nitrogens with one attached hydrogen (secondary N) is 2. The number of benzene rings is 2. The lowest BCUT2D eigenvalue weighted by molar-refractivity contribution is 0.0997. The summed E-state index contributed by atoms with van der Waals surface area (Å²) in [5, 5.41) is 19.4. The van der Waals surface area contributed by atoms with Crippen LogP contribution in [0.1, 0.15) is 48.4 Å². The first-order valence-corrected chi connectivity index (χ1v) is 14.5. The molecule has 0 amide bonds. The third-order valence-electron chi connectivity index (χ3n) is 7.68. The fourth-order valence-corrected chi connectivity index (χ4v) is 6.97. The molecule has 2 N–H and O–H groups in total. The Hall–Kier alpha value is -3.15. The summed E-state index contributed by atoms with van der Waals surface area (Å²) in [5.41, 5.74) is 4.16. The average Bonchev–Trinajstić information content (AvgIpc) is 3.58. The first kappa shape index (κ1) is 26.5. The van der Waals surface area contributed by atoms with Crippen molar-refractivity contribution >= 4 is 27.6 Å². The Morgan fingerprint density at radius 3 is 2.55 bits per heavy atom. The molecule has 0 spiro atoms. The van der Waals surface area contributed by atoms with Crippen molar-refractivity contribution in [1.29, 1.82) is 5.41 Å². The van der Waals surface area contributed by atoms with E-state index in [1.54, 1.807) is 19.2 Å². The van der Waals surface area contributed by atoms with Crippen molar-refractivity contribution < 1.29 is 12.8 Å². The molecule has 0 bridgehead atoms. The molecule has 0 radical (unpaired) electrons.